The van der Waals surface area contributed by atoms with Crippen LogP contribution >= 0.6 is 0 Å². The fourth-order valence-corrected chi connectivity index (χ4v) is 2.68. The topological polar surface area (TPSA) is 89.8 Å². The molecule has 1 fully saturated rings. The zero-order valence-electron chi connectivity index (χ0n) is 13.2. The van der Waals surface area contributed by atoms with Crippen LogP contribution in [-0.4, -0.2) is 46.9 Å². The van der Waals surface area contributed by atoms with Gasteiger partial charge in [0.25, 0.3) is 0 Å². The van der Waals surface area contributed by atoms with Gasteiger partial charge in [0.1, 0.15) is 11.4 Å². The second-order valence-corrected chi connectivity index (χ2v) is 6.84. The Kier molecular flexibility index (Phi) is 5.31. The quantitative estimate of drug-likeness (QED) is 0.587. The number of carbonyl (C=O) groups is 2. The van der Waals surface area contributed by atoms with E-state index in [2.05, 4.69) is 0 Å². The van der Waals surface area contributed by atoms with Crippen molar-refractivity contribution in [3.8, 4) is 0 Å². The van der Waals surface area contributed by atoms with Crippen molar-refractivity contribution in [2.75, 3.05) is 19.6 Å². The van der Waals surface area contributed by atoms with Crippen molar-refractivity contribution in [3.63, 3.8) is 0 Å². The molecule has 0 spiro atoms. The minimum absolute atomic E-state index is 0.0532. The fourth-order valence-electron chi connectivity index (χ4n) is 2.68. The number of ketones is 1. The van der Waals surface area contributed by atoms with Crippen molar-refractivity contribution in [1.82, 2.24) is 4.90 Å². The Labute approximate surface area is 124 Å². The third kappa shape index (κ3) is 5.69. The van der Waals surface area contributed by atoms with E-state index in [-0.39, 0.29) is 23.7 Å². The number of nitro groups is 1. The Bertz CT molecular complexity index is 402. The summed E-state index contributed by atoms with van der Waals surface area (Å²) in [4.78, 5) is 35.4. The van der Waals surface area contributed by atoms with Gasteiger partial charge in [-0.25, -0.2) is 4.79 Å². The van der Waals surface area contributed by atoms with Gasteiger partial charge in [0.15, 0.2) is 0 Å². The number of Topliss-reactive ketones (excluding diaryl/α,β-unsaturated/α-hetero) is 1. The van der Waals surface area contributed by atoms with E-state index in [9.17, 15) is 19.7 Å². The van der Waals surface area contributed by atoms with Crippen molar-refractivity contribution in [2.24, 2.45) is 5.41 Å². The maximum atomic E-state index is 12.0. The van der Waals surface area contributed by atoms with Gasteiger partial charge in [0, 0.05) is 29.8 Å². The van der Waals surface area contributed by atoms with Gasteiger partial charge in [-0.15, -0.1) is 0 Å². The van der Waals surface area contributed by atoms with Gasteiger partial charge < -0.3 is 14.4 Å². The van der Waals surface area contributed by atoms with Crippen LogP contribution in [0.4, 0.5) is 4.79 Å². The highest BCUT2D eigenvalue weighted by Crippen LogP contribution is 2.36. The van der Waals surface area contributed by atoms with Crippen LogP contribution < -0.4 is 0 Å². The molecule has 0 aromatic carbocycles. The van der Waals surface area contributed by atoms with E-state index in [0.29, 0.717) is 25.9 Å². The molecule has 1 aliphatic heterocycles. The fraction of sp³-hybridized carbons (Fsp3) is 0.857. The number of amides is 1. The van der Waals surface area contributed by atoms with Crippen molar-refractivity contribution in [3.05, 3.63) is 10.1 Å². The normalized spacial score (nSPS) is 18.2. The molecule has 0 aromatic heterocycles. The van der Waals surface area contributed by atoms with E-state index in [0.717, 1.165) is 0 Å². The number of hydrogen-bond donors (Lipinski definition) is 0. The van der Waals surface area contributed by atoms with E-state index >= 15 is 0 Å². The third-order valence-electron chi connectivity index (χ3n) is 3.56. The van der Waals surface area contributed by atoms with E-state index in [4.69, 9.17) is 4.74 Å². The molecule has 0 saturated carbocycles. The van der Waals surface area contributed by atoms with E-state index in [1.807, 2.05) is 0 Å². The average Bonchev–Trinajstić information content (AvgIpc) is 2.24. The molecule has 1 saturated heterocycles. The molecule has 0 aromatic rings. The summed E-state index contributed by atoms with van der Waals surface area (Å²) in [5, 5.41) is 10.8. The van der Waals surface area contributed by atoms with Crippen molar-refractivity contribution >= 4 is 11.9 Å². The number of hydrogen-bond acceptors (Lipinski definition) is 5. The molecule has 1 rings (SSSR count). The Hall–Kier alpha value is -1.66. The van der Waals surface area contributed by atoms with Gasteiger partial charge in [-0.3, -0.25) is 10.1 Å². The molecule has 0 N–H and O–H groups in total. The van der Waals surface area contributed by atoms with Crippen molar-refractivity contribution in [2.45, 2.75) is 52.6 Å². The predicted molar refractivity (Wildman–Crippen MR) is 76.6 cm³/mol. The molecule has 0 aliphatic carbocycles. The summed E-state index contributed by atoms with van der Waals surface area (Å²) in [6.45, 7) is 7.37. The summed E-state index contributed by atoms with van der Waals surface area (Å²) in [5.74, 6) is -0.0532. The van der Waals surface area contributed by atoms with Crippen LogP contribution in [0.2, 0.25) is 0 Å². The lowest BCUT2D eigenvalue weighted by atomic mass is 9.74. The second-order valence-electron chi connectivity index (χ2n) is 6.84. The molecule has 1 heterocycles. The minimum atomic E-state index is -0.631. The molecule has 1 amide bonds. The number of nitrogens with zero attached hydrogens (tertiary/aromatic N) is 2. The summed E-state index contributed by atoms with van der Waals surface area (Å²) < 4.78 is 5.29. The summed E-state index contributed by atoms with van der Waals surface area (Å²) in [5.41, 5.74) is -1.19. The molecule has 7 nitrogen and oxygen atoms in total. The Morgan fingerprint density at radius 2 is 1.81 bits per heavy atom. The molecule has 0 atom stereocenters. The van der Waals surface area contributed by atoms with Crippen LogP contribution in [0.5, 0.6) is 0 Å². The molecular formula is C14H24N2O5. The molecule has 120 valence electrons. The summed E-state index contributed by atoms with van der Waals surface area (Å²) in [7, 11) is 0. The van der Waals surface area contributed by atoms with E-state index < -0.39 is 17.1 Å². The predicted octanol–water partition coefficient (Wildman–Crippen LogP) is 2.26. The lowest BCUT2D eigenvalue weighted by molar-refractivity contribution is -0.498. The smallest absolute Gasteiger partial charge is 0.410 e. The van der Waals surface area contributed by atoms with Crippen LogP contribution in [0.15, 0.2) is 0 Å². The summed E-state index contributed by atoms with van der Waals surface area (Å²) in [6, 6.07) is 0. The first-order valence-corrected chi connectivity index (χ1v) is 7.12. The van der Waals surface area contributed by atoms with Gasteiger partial charge in [0.2, 0.25) is 6.54 Å². The molecule has 7 heteroatoms. The summed E-state index contributed by atoms with van der Waals surface area (Å²) >= 11 is 0. The van der Waals surface area contributed by atoms with Gasteiger partial charge in [-0.2, -0.15) is 0 Å². The monoisotopic (exact) mass is 300 g/mol. The number of likely N-dealkylation sites (tertiary alicyclic amines) is 1. The lowest BCUT2D eigenvalue weighted by Crippen LogP contribution is -2.47. The van der Waals surface area contributed by atoms with Gasteiger partial charge in [0.05, 0.1) is 0 Å². The molecule has 0 bridgehead atoms. The highest BCUT2D eigenvalue weighted by molar-refractivity contribution is 5.76. The minimum Gasteiger partial charge on any atom is -0.444 e. The highest BCUT2D eigenvalue weighted by Gasteiger charge is 2.41. The Morgan fingerprint density at radius 1 is 1.29 bits per heavy atom. The number of carbonyl (C=O) groups excluding carboxylic acids is 2. The Morgan fingerprint density at radius 3 is 2.19 bits per heavy atom. The zero-order chi connectivity index (χ0) is 16.3. The number of piperidine rings is 1. The molecule has 1 aliphatic rings. The first-order chi connectivity index (χ1) is 9.53. The zero-order valence-corrected chi connectivity index (χ0v) is 13.2. The molecular weight excluding hydrogens is 276 g/mol. The largest absolute Gasteiger partial charge is 0.444 e. The van der Waals surface area contributed by atoms with Crippen molar-refractivity contribution < 1.29 is 19.2 Å². The second kappa shape index (κ2) is 6.41. The maximum Gasteiger partial charge on any atom is 0.410 e. The van der Waals surface area contributed by atoms with Crippen LogP contribution in [0, 0.1) is 15.5 Å². The highest BCUT2D eigenvalue weighted by atomic mass is 16.6. The lowest BCUT2D eigenvalue weighted by Gasteiger charge is -2.39. The third-order valence-corrected chi connectivity index (χ3v) is 3.56. The van der Waals surface area contributed by atoms with Crippen LogP contribution in [0.3, 0.4) is 0 Å². The van der Waals surface area contributed by atoms with Gasteiger partial charge in [-0.1, -0.05) is 0 Å². The number of rotatable bonds is 4. The standard InChI is InChI=1S/C14H24N2O5/c1-11(17)9-14(10-16(19)20)5-7-15(8-6-14)12(18)21-13(2,3)4/h5-10H2,1-4H3. The first kappa shape index (κ1) is 17.4. The van der Waals surface area contributed by atoms with Gasteiger partial charge in [-0.05, 0) is 40.5 Å². The van der Waals surface area contributed by atoms with Crippen LogP contribution in [-0.2, 0) is 9.53 Å². The number of ether oxygens (including phenoxy) is 1. The molecule has 21 heavy (non-hydrogen) atoms. The van der Waals surface area contributed by atoms with E-state index in [1.54, 1.807) is 25.7 Å². The molecule has 0 unspecified atom stereocenters. The van der Waals surface area contributed by atoms with E-state index in [1.165, 1.54) is 6.92 Å². The van der Waals surface area contributed by atoms with Crippen LogP contribution in [0.1, 0.15) is 47.0 Å². The SMILES string of the molecule is CC(=O)CC1(C[N+](=O)[O-])CCN(C(=O)OC(C)(C)C)CC1. The maximum absolute atomic E-state index is 12.0. The average molecular weight is 300 g/mol. The van der Waals surface area contributed by atoms with Crippen molar-refractivity contribution in [1.29, 1.82) is 0 Å². The molecule has 0 radical (unpaired) electrons. The van der Waals surface area contributed by atoms with Gasteiger partial charge >= 0.3 is 6.09 Å². The summed E-state index contributed by atoms with van der Waals surface area (Å²) in [6.07, 6.45) is 0.690. The first-order valence-electron chi connectivity index (χ1n) is 7.12. The Balaban J connectivity index is 2.67. The van der Waals surface area contributed by atoms with Crippen LogP contribution in [0.25, 0.3) is 0 Å².